The Morgan fingerprint density at radius 1 is 1.14 bits per heavy atom. The first-order valence-electron chi connectivity index (χ1n) is 9.06. The average molecular weight is 384 g/mol. The molecule has 2 aromatic rings. The molecule has 1 heterocycles. The van der Waals surface area contributed by atoms with Gasteiger partial charge in [0.2, 0.25) is 5.91 Å². The number of morpholine rings is 1. The number of rotatable bonds is 7. The second kappa shape index (κ2) is 9.23. The molecule has 1 aliphatic heterocycles. The van der Waals surface area contributed by atoms with Crippen molar-refractivity contribution >= 4 is 17.6 Å². The number of cyclic esters (lactones) is 1. The largest absolute Gasteiger partial charge is 0.497 e. The molecule has 2 aromatic carbocycles. The fraction of sp³-hybridized carbons (Fsp3) is 0.333. The summed E-state index contributed by atoms with van der Waals surface area (Å²) >= 11 is 0. The molecular formula is C21H24N2O5. The minimum atomic E-state index is -0.624. The second-order valence-electron chi connectivity index (χ2n) is 6.49. The maximum absolute atomic E-state index is 12.6. The van der Waals surface area contributed by atoms with Crippen molar-refractivity contribution in [2.45, 2.75) is 19.0 Å². The fourth-order valence-corrected chi connectivity index (χ4v) is 3.15. The van der Waals surface area contributed by atoms with Crippen LogP contribution < -0.4 is 14.8 Å². The van der Waals surface area contributed by atoms with E-state index in [1.165, 1.54) is 0 Å². The number of nitrogens with one attached hydrogen (secondary N) is 1. The number of ether oxygens (including phenoxy) is 3. The summed E-state index contributed by atoms with van der Waals surface area (Å²) < 4.78 is 15.6. The Morgan fingerprint density at radius 2 is 1.82 bits per heavy atom. The molecule has 0 unspecified atom stereocenters. The minimum absolute atomic E-state index is 0.00515. The van der Waals surface area contributed by atoms with E-state index in [1.54, 1.807) is 32.4 Å². The number of anilines is 1. The molecule has 0 spiro atoms. The maximum atomic E-state index is 12.6. The number of hydrogen-bond acceptors (Lipinski definition) is 6. The lowest BCUT2D eigenvalue weighted by molar-refractivity contribution is -0.159. The highest BCUT2D eigenvalue weighted by Gasteiger charge is 2.33. The first-order valence-corrected chi connectivity index (χ1v) is 9.06. The van der Waals surface area contributed by atoms with Crippen molar-refractivity contribution < 1.29 is 23.8 Å². The van der Waals surface area contributed by atoms with E-state index in [9.17, 15) is 9.59 Å². The van der Waals surface area contributed by atoms with Crippen LogP contribution in [0.1, 0.15) is 12.0 Å². The van der Waals surface area contributed by atoms with E-state index in [1.807, 2.05) is 35.2 Å². The standard InChI is InChI=1S/C21H24N2O5/c1-26-17-10-16(11-18(12-17)27-2)22-20(24)13-19-21(25)28-9-8-23(19)14-15-6-4-3-5-7-15/h3-7,10-12,19H,8-9,13-14H2,1-2H3,(H,22,24)/t19-/m0/s1. The van der Waals surface area contributed by atoms with Crippen LogP contribution >= 0.6 is 0 Å². The molecule has 0 saturated carbocycles. The summed E-state index contributed by atoms with van der Waals surface area (Å²) in [7, 11) is 3.08. The number of benzene rings is 2. The topological polar surface area (TPSA) is 77.1 Å². The predicted octanol–water partition coefficient (Wildman–Crippen LogP) is 2.46. The maximum Gasteiger partial charge on any atom is 0.323 e. The van der Waals surface area contributed by atoms with Gasteiger partial charge in [-0.2, -0.15) is 0 Å². The van der Waals surface area contributed by atoms with E-state index >= 15 is 0 Å². The number of amides is 1. The number of nitrogens with zero attached hydrogens (tertiary/aromatic N) is 1. The van der Waals surface area contributed by atoms with E-state index in [4.69, 9.17) is 14.2 Å². The van der Waals surface area contributed by atoms with Gasteiger partial charge < -0.3 is 19.5 Å². The summed E-state index contributed by atoms with van der Waals surface area (Å²) in [6.07, 6.45) is 0.00515. The quantitative estimate of drug-likeness (QED) is 0.739. The Labute approximate surface area is 164 Å². The Balaban J connectivity index is 1.69. The number of carbonyl (C=O) groups is 2. The van der Waals surface area contributed by atoms with Crippen LogP contribution in [-0.4, -0.2) is 50.2 Å². The average Bonchev–Trinajstić information content (AvgIpc) is 2.71. The van der Waals surface area contributed by atoms with Gasteiger partial charge in [-0.1, -0.05) is 30.3 Å². The lowest BCUT2D eigenvalue weighted by Gasteiger charge is -2.33. The molecule has 0 radical (unpaired) electrons. The molecule has 1 N–H and O–H groups in total. The molecular weight excluding hydrogens is 360 g/mol. The van der Waals surface area contributed by atoms with Crippen molar-refractivity contribution in [3.8, 4) is 11.5 Å². The molecule has 7 heteroatoms. The molecule has 1 amide bonds. The molecule has 0 bridgehead atoms. The van der Waals surface area contributed by atoms with E-state index in [-0.39, 0.29) is 18.3 Å². The second-order valence-corrected chi connectivity index (χ2v) is 6.49. The summed E-state index contributed by atoms with van der Waals surface area (Å²) in [5.74, 6) is 0.479. The molecule has 0 aromatic heterocycles. The SMILES string of the molecule is COc1cc(NC(=O)C[C@H]2C(=O)OCCN2Cc2ccccc2)cc(OC)c1. The molecule has 148 valence electrons. The van der Waals surface area contributed by atoms with Gasteiger partial charge in [-0.25, -0.2) is 0 Å². The summed E-state index contributed by atoms with van der Waals surface area (Å²) in [4.78, 5) is 26.9. The Morgan fingerprint density at radius 3 is 2.46 bits per heavy atom. The van der Waals surface area contributed by atoms with Crippen molar-refractivity contribution in [3.63, 3.8) is 0 Å². The van der Waals surface area contributed by atoms with E-state index < -0.39 is 6.04 Å². The van der Waals surface area contributed by atoms with Crippen molar-refractivity contribution in [1.82, 2.24) is 4.90 Å². The van der Waals surface area contributed by atoms with Crippen molar-refractivity contribution in [3.05, 3.63) is 54.1 Å². The molecule has 1 saturated heterocycles. The van der Waals surface area contributed by atoms with Gasteiger partial charge in [0, 0.05) is 37.0 Å². The van der Waals surface area contributed by atoms with Crippen LogP contribution in [0.4, 0.5) is 5.69 Å². The smallest absolute Gasteiger partial charge is 0.323 e. The molecule has 1 aliphatic rings. The first-order chi connectivity index (χ1) is 13.6. The lowest BCUT2D eigenvalue weighted by Crippen LogP contribution is -2.49. The van der Waals surface area contributed by atoms with Crippen LogP contribution in [0.25, 0.3) is 0 Å². The number of hydrogen-bond donors (Lipinski definition) is 1. The summed E-state index contributed by atoms with van der Waals surface area (Å²) in [5, 5.41) is 2.81. The van der Waals surface area contributed by atoms with Gasteiger partial charge in [-0.3, -0.25) is 14.5 Å². The normalized spacial score (nSPS) is 16.9. The summed E-state index contributed by atoms with van der Waals surface area (Å²) in [6, 6.07) is 14.3. The van der Waals surface area contributed by atoms with Gasteiger partial charge in [0.1, 0.15) is 24.1 Å². The number of esters is 1. The highest BCUT2D eigenvalue weighted by atomic mass is 16.5. The Hall–Kier alpha value is -3.06. The highest BCUT2D eigenvalue weighted by molar-refractivity contribution is 5.94. The first kappa shape index (κ1) is 19.7. The van der Waals surface area contributed by atoms with Crippen LogP contribution in [0.3, 0.4) is 0 Å². The van der Waals surface area contributed by atoms with Crippen LogP contribution in [-0.2, 0) is 20.9 Å². The Bertz CT molecular complexity index is 803. The van der Waals surface area contributed by atoms with Crippen molar-refractivity contribution in [2.24, 2.45) is 0 Å². The summed E-state index contributed by atoms with van der Waals surface area (Å²) in [6.45, 7) is 1.50. The van der Waals surface area contributed by atoms with E-state index in [2.05, 4.69) is 5.32 Å². The predicted molar refractivity (Wildman–Crippen MR) is 104 cm³/mol. The van der Waals surface area contributed by atoms with Crippen LogP contribution in [0, 0.1) is 0 Å². The van der Waals surface area contributed by atoms with Crippen LogP contribution in [0.15, 0.2) is 48.5 Å². The zero-order valence-corrected chi connectivity index (χ0v) is 16.0. The van der Waals surface area contributed by atoms with Crippen molar-refractivity contribution in [2.75, 3.05) is 32.7 Å². The van der Waals surface area contributed by atoms with Crippen LogP contribution in [0.5, 0.6) is 11.5 Å². The van der Waals surface area contributed by atoms with Gasteiger partial charge in [0.25, 0.3) is 0 Å². The number of carbonyl (C=O) groups excluding carboxylic acids is 2. The van der Waals surface area contributed by atoms with E-state index in [0.717, 1.165) is 5.56 Å². The van der Waals surface area contributed by atoms with Gasteiger partial charge >= 0.3 is 5.97 Å². The molecule has 7 nitrogen and oxygen atoms in total. The van der Waals surface area contributed by atoms with Crippen molar-refractivity contribution in [1.29, 1.82) is 0 Å². The minimum Gasteiger partial charge on any atom is -0.497 e. The monoisotopic (exact) mass is 384 g/mol. The van der Waals surface area contributed by atoms with Gasteiger partial charge in [-0.15, -0.1) is 0 Å². The lowest BCUT2D eigenvalue weighted by atomic mass is 10.1. The molecule has 0 aliphatic carbocycles. The zero-order valence-electron chi connectivity index (χ0n) is 16.0. The number of methoxy groups -OCH3 is 2. The summed E-state index contributed by atoms with van der Waals surface area (Å²) in [5.41, 5.74) is 1.63. The van der Waals surface area contributed by atoms with E-state index in [0.29, 0.717) is 36.9 Å². The third kappa shape index (κ3) is 5.01. The van der Waals surface area contributed by atoms with Crippen LogP contribution in [0.2, 0.25) is 0 Å². The van der Waals surface area contributed by atoms with Gasteiger partial charge in [0.15, 0.2) is 0 Å². The zero-order chi connectivity index (χ0) is 19.9. The highest BCUT2D eigenvalue weighted by Crippen LogP contribution is 2.26. The fourth-order valence-electron chi connectivity index (χ4n) is 3.15. The molecule has 1 fully saturated rings. The van der Waals surface area contributed by atoms with Gasteiger partial charge in [0.05, 0.1) is 20.6 Å². The third-order valence-electron chi connectivity index (χ3n) is 4.58. The molecule has 1 atom stereocenters. The Kier molecular flexibility index (Phi) is 6.49. The van der Waals surface area contributed by atoms with Gasteiger partial charge in [-0.05, 0) is 5.56 Å². The molecule has 3 rings (SSSR count). The molecule has 28 heavy (non-hydrogen) atoms. The third-order valence-corrected chi connectivity index (χ3v) is 4.58.